The maximum Gasteiger partial charge on any atom is 0.0615 e. The summed E-state index contributed by atoms with van der Waals surface area (Å²) in [6.45, 7) is 9.26. The summed E-state index contributed by atoms with van der Waals surface area (Å²) in [4.78, 5) is 2.43. The molecular weight excluding hydrogens is 150 g/mol. The van der Waals surface area contributed by atoms with Gasteiger partial charge in [-0.1, -0.05) is 20.8 Å². The monoisotopic (exact) mass is 171 g/mol. The van der Waals surface area contributed by atoms with Crippen LogP contribution in [-0.4, -0.2) is 35.2 Å². The molecule has 1 fully saturated rings. The summed E-state index contributed by atoms with van der Waals surface area (Å²) in [6.07, 6.45) is 2.12. The second-order valence-corrected chi connectivity index (χ2v) is 4.10. The molecule has 1 saturated heterocycles. The van der Waals surface area contributed by atoms with Crippen LogP contribution in [0, 0.1) is 5.92 Å². The molecule has 0 amide bonds. The molecule has 0 unspecified atom stereocenters. The minimum Gasteiger partial charge on any atom is -0.394 e. The van der Waals surface area contributed by atoms with Gasteiger partial charge in [0.05, 0.1) is 6.61 Å². The van der Waals surface area contributed by atoms with E-state index in [9.17, 15) is 5.11 Å². The molecule has 0 bridgehead atoms. The Hall–Kier alpha value is -0.0800. The Morgan fingerprint density at radius 3 is 2.08 bits per heavy atom. The quantitative estimate of drug-likeness (QED) is 0.692. The Kier molecular flexibility index (Phi) is 3.13. The van der Waals surface area contributed by atoms with Gasteiger partial charge in [0.15, 0.2) is 0 Å². The van der Waals surface area contributed by atoms with E-state index in [-0.39, 0.29) is 5.54 Å². The second-order valence-electron chi connectivity index (χ2n) is 4.10. The molecule has 12 heavy (non-hydrogen) atoms. The zero-order valence-electron chi connectivity index (χ0n) is 8.51. The average molecular weight is 171 g/mol. The molecular formula is C10H21NO. The van der Waals surface area contributed by atoms with Crippen LogP contribution in [0.2, 0.25) is 0 Å². The number of nitrogens with zero attached hydrogens (tertiary/aromatic N) is 1. The first-order chi connectivity index (χ1) is 5.68. The lowest BCUT2D eigenvalue weighted by atomic mass is 9.86. The van der Waals surface area contributed by atoms with Gasteiger partial charge in [-0.15, -0.1) is 0 Å². The molecule has 0 radical (unpaired) electrons. The molecule has 0 aliphatic carbocycles. The van der Waals surface area contributed by atoms with Crippen molar-refractivity contribution in [3.63, 3.8) is 0 Å². The third-order valence-electron chi connectivity index (χ3n) is 3.35. The van der Waals surface area contributed by atoms with Gasteiger partial charge in [-0.3, -0.25) is 4.90 Å². The number of hydrogen-bond donors (Lipinski definition) is 1. The molecule has 1 N–H and O–H groups in total. The maximum absolute atomic E-state index is 9.36. The van der Waals surface area contributed by atoms with E-state index in [1.165, 1.54) is 13.1 Å². The third-order valence-corrected chi connectivity index (χ3v) is 3.35. The lowest BCUT2D eigenvalue weighted by Crippen LogP contribution is -2.60. The van der Waals surface area contributed by atoms with E-state index in [0.717, 1.165) is 18.8 Å². The highest BCUT2D eigenvalue weighted by Gasteiger charge is 2.38. The van der Waals surface area contributed by atoms with Crippen molar-refractivity contribution in [2.24, 2.45) is 5.92 Å². The predicted molar refractivity (Wildman–Crippen MR) is 51.1 cm³/mol. The molecule has 1 rings (SSSR count). The minimum atomic E-state index is 0.0898. The van der Waals surface area contributed by atoms with Crippen molar-refractivity contribution in [3.8, 4) is 0 Å². The summed E-state index contributed by atoms with van der Waals surface area (Å²) in [5.41, 5.74) is 0.0898. The van der Waals surface area contributed by atoms with E-state index < -0.39 is 0 Å². The van der Waals surface area contributed by atoms with Gasteiger partial charge >= 0.3 is 0 Å². The molecule has 1 aliphatic rings. The van der Waals surface area contributed by atoms with Crippen molar-refractivity contribution in [1.82, 2.24) is 4.90 Å². The molecule has 0 aromatic heterocycles. The molecule has 0 saturated carbocycles. The van der Waals surface area contributed by atoms with Crippen LogP contribution in [0.15, 0.2) is 0 Å². The Bertz CT molecular complexity index is 129. The van der Waals surface area contributed by atoms with Crippen LogP contribution in [-0.2, 0) is 0 Å². The van der Waals surface area contributed by atoms with Crippen LogP contribution in [0.25, 0.3) is 0 Å². The second kappa shape index (κ2) is 3.75. The fraction of sp³-hybridized carbons (Fsp3) is 1.00. The predicted octanol–water partition coefficient (Wildman–Crippen LogP) is 1.49. The largest absolute Gasteiger partial charge is 0.394 e. The maximum atomic E-state index is 9.36. The number of likely N-dealkylation sites (tertiary alicyclic amines) is 1. The molecule has 2 nitrogen and oxygen atoms in total. The summed E-state index contributed by atoms with van der Waals surface area (Å²) < 4.78 is 0. The van der Waals surface area contributed by atoms with Crippen LogP contribution < -0.4 is 0 Å². The van der Waals surface area contributed by atoms with E-state index in [2.05, 4.69) is 25.7 Å². The summed E-state index contributed by atoms with van der Waals surface area (Å²) in [6, 6.07) is 0. The highest BCUT2D eigenvalue weighted by atomic mass is 16.3. The van der Waals surface area contributed by atoms with Crippen LogP contribution in [0.4, 0.5) is 0 Å². The molecule has 0 atom stereocenters. The Balaban J connectivity index is 2.53. The lowest BCUT2D eigenvalue weighted by molar-refractivity contribution is -0.0464. The highest BCUT2D eigenvalue weighted by molar-refractivity contribution is 4.94. The molecule has 0 aromatic rings. The molecule has 72 valence electrons. The van der Waals surface area contributed by atoms with Gasteiger partial charge in [0.1, 0.15) is 0 Å². The molecule has 1 heterocycles. The smallest absolute Gasteiger partial charge is 0.0615 e. The van der Waals surface area contributed by atoms with Crippen molar-refractivity contribution in [2.45, 2.75) is 39.2 Å². The van der Waals surface area contributed by atoms with Gasteiger partial charge in [-0.2, -0.15) is 0 Å². The number of aliphatic hydroxyl groups excluding tert-OH is 1. The van der Waals surface area contributed by atoms with Crippen molar-refractivity contribution in [1.29, 1.82) is 0 Å². The standard InChI is InChI=1S/C10H21NO/c1-4-10(5-2,8-12)11-6-9(3)7-11/h9,12H,4-8H2,1-3H3. The number of rotatable bonds is 4. The molecule has 0 spiro atoms. The normalized spacial score (nSPS) is 21.0. The van der Waals surface area contributed by atoms with Crippen molar-refractivity contribution < 1.29 is 5.11 Å². The molecule has 0 aromatic carbocycles. The number of hydrogen-bond acceptors (Lipinski definition) is 2. The van der Waals surface area contributed by atoms with Crippen molar-refractivity contribution >= 4 is 0 Å². The fourth-order valence-electron chi connectivity index (χ4n) is 2.11. The number of aliphatic hydroxyl groups is 1. The van der Waals surface area contributed by atoms with Gasteiger partial charge in [-0.25, -0.2) is 0 Å². The van der Waals surface area contributed by atoms with Gasteiger partial charge in [0.25, 0.3) is 0 Å². The van der Waals surface area contributed by atoms with Crippen molar-refractivity contribution in [2.75, 3.05) is 19.7 Å². The van der Waals surface area contributed by atoms with E-state index in [1.54, 1.807) is 0 Å². The van der Waals surface area contributed by atoms with Crippen LogP contribution in [0.5, 0.6) is 0 Å². The first kappa shape index (κ1) is 10.0. The van der Waals surface area contributed by atoms with E-state index in [1.807, 2.05) is 0 Å². The highest BCUT2D eigenvalue weighted by Crippen LogP contribution is 2.30. The third kappa shape index (κ3) is 1.50. The Labute approximate surface area is 75.6 Å². The van der Waals surface area contributed by atoms with Crippen LogP contribution in [0.1, 0.15) is 33.6 Å². The zero-order valence-corrected chi connectivity index (χ0v) is 8.51. The van der Waals surface area contributed by atoms with E-state index in [4.69, 9.17) is 0 Å². The van der Waals surface area contributed by atoms with Crippen LogP contribution >= 0.6 is 0 Å². The lowest BCUT2D eigenvalue weighted by Gasteiger charge is -2.50. The van der Waals surface area contributed by atoms with Crippen molar-refractivity contribution in [3.05, 3.63) is 0 Å². The first-order valence-electron chi connectivity index (χ1n) is 5.04. The molecule has 1 aliphatic heterocycles. The van der Waals surface area contributed by atoms with Gasteiger partial charge < -0.3 is 5.11 Å². The summed E-state index contributed by atoms with van der Waals surface area (Å²) in [5, 5.41) is 9.36. The van der Waals surface area contributed by atoms with Gasteiger partial charge in [-0.05, 0) is 18.8 Å². The fourth-order valence-corrected chi connectivity index (χ4v) is 2.11. The molecule has 2 heteroatoms. The van der Waals surface area contributed by atoms with Crippen LogP contribution in [0.3, 0.4) is 0 Å². The zero-order chi connectivity index (χ0) is 9.19. The Morgan fingerprint density at radius 1 is 1.33 bits per heavy atom. The summed E-state index contributed by atoms with van der Waals surface area (Å²) >= 11 is 0. The SMILES string of the molecule is CCC(CC)(CO)N1CC(C)C1. The van der Waals surface area contributed by atoms with Gasteiger partial charge in [0.2, 0.25) is 0 Å². The summed E-state index contributed by atoms with van der Waals surface area (Å²) in [7, 11) is 0. The first-order valence-corrected chi connectivity index (χ1v) is 5.04. The Morgan fingerprint density at radius 2 is 1.83 bits per heavy atom. The average Bonchev–Trinajstić information content (AvgIpc) is 2.05. The topological polar surface area (TPSA) is 23.5 Å². The summed E-state index contributed by atoms with van der Waals surface area (Å²) in [5.74, 6) is 0.828. The minimum absolute atomic E-state index is 0.0898. The van der Waals surface area contributed by atoms with Gasteiger partial charge in [0, 0.05) is 18.6 Å². The van der Waals surface area contributed by atoms with E-state index in [0.29, 0.717) is 6.61 Å². The van der Waals surface area contributed by atoms with E-state index >= 15 is 0 Å².